The molecule has 0 radical (unpaired) electrons. The molecule has 4 N–H and O–H groups in total. The molecular formula is C40H64O11. The zero-order valence-corrected chi connectivity index (χ0v) is 32.1. The zero-order chi connectivity index (χ0) is 37.8. The van der Waals surface area contributed by atoms with Crippen molar-refractivity contribution < 1.29 is 53.7 Å². The quantitative estimate of drug-likeness (QED) is 0.150. The van der Waals surface area contributed by atoms with E-state index in [-0.39, 0.29) is 48.9 Å². The van der Waals surface area contributed by atoms with Crippen LogP contribution in [0.2, 0.25) is 0 Å². The van der Waals surface area contributed by atoms with Gasteiger partial charge in [0, 0.05) is 31.1 Å². The third kappa shape index (κ3) is 10.4. The lowest BCUT2D eigenvalue weighted by Gasteiger charge is -2.38. The molecule has 4 heterocycles. The number of aliphatic hydroxyl groups excluding tert-OH is 3. The van der Waals surface area contributed by atoms with E-state index in [0.29, 0.717) is 25.7 Å². The Balaban J connectivity index is 1.60. The Kier molecular flexibility index (Phi) is 14.3. The average Bonchev–Trinajstić information content (AvgIpc) is 3.78. The minimum absolute atomic E-state index is 0.00864. The predicted octanol–water partition coefficient (Wildman–Crippen LogP) is 5.07. The second-order valence-corrected chi connectivity index (χ2v) is 16.1. The normalized spacial score (nSPS) is 44.4. The third-order valence-corrected chi connectivity index (χ3v) is 11.5. The summed E-state index contributed by atoms with van der Waals surface area (Å²) < 4.78 is 30.5. The van der Waals surface area contributed by atoms with Gasteiger partial charge in [0.25, 0.3) is 0 Å². The van der Waals surface area contributed by atoms with E-state index in [2.05, 4.69) is 6.08 Å². The van der Waals surface area contributed by atoms with Gasteiger partial charge in [-0.1, -0.05) is 58.9 Å². The fourth-order valence-electron chi connectivity index (χ4n) is 8.18. The highest BCUT2D eigenvalue weighted by atomic mass is 16.7. The molecule has 0 aromatic heterocycles. The monoisotopic (exact) mass is 720 g/mol. The molecule has 0 amide bonds. The van der Waals surface area contributed by atoms with Gasteiger partial charge in [-0.25, -0.2) is 0 Å². The molecule has 2 fully saturated rings. The van der Waals surface area contributed by atoms with Crippen molar-refractivity contribution in [3.05, 3.63) is 35.5 Å². The predicted molar refractivity (Wildman–Crippen MR) is 191 cm³/mol. The second-order valence-electron chi connectivity index (χ2n) is 16.1. The molecule has 51 heavy (non-hydrogen) atoms. The third-order valence-electron chi connectivity index (χ3n) is 11.5. The molecule has 2 bridgehead atoms. The molecule has 0 aromatic rings. The van der Waals surface area contributed by atoms with Crippen LogP contribution in [0.5, 0.6) is 0 Å². The highest BCUT2D eigenvalue weighted by Crippen LogP contribution is 2.45. The van der Waals surface area contributed by atoms with Crippen LogP contribution in [0.3, 0.4) is 0 Å². The first kappa shape index (κ1) is 41.8. The summed E-state index contributed by atoms with van der Waals surface area (Å²) in [7, 11) is 0. The minimum atomic E-state index is -1.75. The van der Waals surface area contributed by atoms with Crippen LogP contribution in [-0.2, 0) is 33.3 Å². The summed E-state index contributed by atoms with van der Waals surface area (Å²) in [6, 6.07) is 0. The Bertz CT molecular complexity index is 1280. The number of hydrogen-bond donors (Lipinski definition) is 4. The molecule has 0 saturated carbocycles. The minimum Gasteiger partial charge on any atom is -0.462 e. The number of cyclic esters (lactones) is 1. The zero-order valence-electron chi connectivity index (χ0n) is 32.1. The van der Waals surface area contributed by atoms with Gasteiger partial charge in [0.15, 0.2) is 23.5 Å². The molecule has 0 aliphatic carbocycles. The number of carbonyl (C=O) groups excluding carboxylic acids is 2. The Hall–Kier alpha value is -1.96. The molecule has 11 nitrogen and oxygen atoms in total. The average molecular weight is 721 g/mol. The van der Waals surface area contributed by atoms with Crippen LogP contribution in [-0.4, -0.2) is 98.7 Å². The summed E-state index contributed by atoms with van der Waals surface area (Å²) in [5, 5.41) is 43.8. The Morgan fingerprint density at radius 3 is 2.37 bits per heavy atom. The van der Waals surface area contributed by atoms with E-state index in [1.807, 2.05) is 73.6 Å². The van der Waals surface area contributed by atoms with E-state index in [0.717, 1.165) is 17.6 Å². The maximum absolute atomic E-state index is 13.6. The first-order chi connectivity index (χ1) is 23.9. The summed E-state index contributed by atoms with van der Waals surface area (Å²) in [6.45, 7) is 17.0. The number of epoxide rings is 1. The van der Waals surface area contributed by atoms with E-state index in [1.165, 1.54) is 0 Å². The number of esters is 1. The number of hydrogen-bond acceptors (Lipinski definition) is 11. The SMILES string of the molecule is CCC(=O)C1(C)OC1C(C)CC(C)C1OC(=O)CC2(O)CC=C(C)C(O2)/C(C)=C/CCCC(OC2CC(O)C(O)C(C)O2)/C=C\C(C)C(O)C1C. The number of rotatable bonds is 8. The number of carbonyl (C=O) groups is 2. The molecule has 4 rings (SSSR count). The van der Waals surface area contributed by atoms with Crippen molar-refractivity contribution in [1.82, 2.24) is 0 Å². The van der Waals surface area contributed by atoms with Gasteiger partial charge in [-0.2, -0.15) is 0 Å². The van der Waals surface area contributed by atoms with Crippen molar-refractivity contribution in [2.24, 2.45) is 23.7 Å². The van der Waals surface area contributed by atoms with Crippen LogP contribution >= 0.6 is 0 Å². The van der Waals surface area contributed by atoms with Gasteiger partial charge in [-0.3, -0.25) is 9.59 Å². The molecule has 11 heteroatoms. The number of ether oxygens (including phenoxy) is 5. The molecule has 2 saturated heterocycles. The molecule has 4 aliphatic rings. The molecule has 0 spiro atoms. The van der Waals surface area contributed by atoms with E-state index < -0.39 is 72.3 Å². The molecular weight excluding hydrogens is 656 g/mol. The number of allylic oxidation sites excluding steroid dienone is 1. The van der Waals surface area contributed by atoms with Crippen molar-refractivity contribution in [1.29, 1.82) is 0 Å². The summed E-state index contributed by atoms with van der Waals surface area (Å²) in [5.74, 6) is -3.38. The summed E-state index contributed by atoms with van der Waals surface area (Å²) in [5.41, 5.74) is 1.07. The van der Waals surface area contributed by atoms with E-state index in [9.17, 15) is 30.0 Å². The lowest BCUT2D eigenvalue weighted by molar-refractivity contribution is -0.254. The van der Waals surface area contributed by atoms with Crippen molar-refractivity contribution >= 4 is 11.8 Å². The van der Waals surface area contributed by atoms with Gasteiger partial charge < -0.3 is 44.1 Å². The number of Topliss-reactive ketones (excluding diaryl/α,β-unsaturated/α-hetero) is 1. The fraction of sp³-hybridized carbons (Fsp3) is 0.800. The number of fused-ring (bicyclic) bond motifs is 2. The number of aliphatic hydroxyl groups is 4. The molecule has 0 aromatic carbocycles. The van der Waals surface area contributed by atoms with Crippen LogP contribution in [0.1, 0.15) is 114 Å². The van der Waals surface area contributed by atoms with Crippen LogP contribution in [0, 0.1) is 23.7 Å². The topological polar surface area (TPSA) is 165 Å². The van der Waals surface area contributed by atoms with Gasteiger partial charge in [0.1, 0.15) is 18.3 Å². The maximum atomic E-state index is 13.6. The van der Waals surface area contributed by atoms with Crippen LogP contribution in [0.15, 0.2) is 35.5 Å². The highest BCUT2D eigenvalue weighted by Gasteiger charge is 2.59. The Labute approximate surface area is 304 Å². The fourth-order valence-corrected chi connectivity index (χ4v) is 8.18. The smallest absolute Gasteiger partial charge is 0.311 e. The van der Waals surface area contributed by atoms with Crippen LogP contribution in [0.25, 0.3) is 0 Å². The Morgan fingerprint density at radius 1 is 1.02 bits per heavy atom. The van der Waals surface area contributed by atoms with Gasteiger partial charge in [0.05, 0.1) is 36.9 Å². The Morgan fingerprint density at radius 2 is 1.71 bits per heavy atom. The standard InChI is InChI=1S/C40H64O11/c1-10-31(42)39(9)38(51-39)26(6)19-25(5)37-27(7)34(44)22(2)15-16-29(48-33-20-30(41)35(45)28(8)47-33)14-12-11-13-23(3)36-24(4)17-18-40(46,50-36)21-32(43)49-37/h13,15-17,22,25-30,33-38,41,44-46H,10-12,14,18-21H2,1-9H3/b16-15-,23-13+. The number of ketones is 1. The van der Waals surface area contributed by atoms with Crippen molar-refractivity contribution in [2.45, 2.75) is 180 Å². The van der Waals surface area contributed by atoms with Gasteiger partial charge in [-0.15, -0.1) is 0 Å². The van der Waals surface area contributed by atoms with Crippen LogP contribution < -0.4 is 0 Å². The lowest BCUT2D eigenvalue weighted by Crippen LogP contribution is -2.48. The van der Waals surface area contributed by atoms with E-state index in [4.69, 9.17) is 23.7 Å². The van der Waals surface area contributed by atoms with Crippen molar-refractivity contribution in [2.75, 3.05) is 0 Å². The van der Waals surface area contributed by atoms with Crippen LogP contribution in [0.4, 0.5) is 0 Å². The summed E-state index contributed by atoms with van der Waals surface area (Å²) in [4.78, 5) is 26.2. The molecule has 15 atom stereocenters. The molecule has 4 aliphatic heterocycles. The van der Waals surface area contributed by atoms with E-state index in [1.54, 1.807) is 6.92 Å². The first-order valence-corrected chi connectivity index (χ1v) is 19.1. The maximum Gasteiger partial charge on any atom is 0.311 e. The summed E-state index contributed by atoms with van der Waals surface area (Å²) in [6.07, 6.45) is 4.82. The highest BCUT2D eigenvalue weighted by molar-refractivity contribution is 5.89. The molecule has 15 unspecified atom stereocenters. The lowest BCUT2D eigenvalue weighted by atomic mass is 9.79. The van der Waals surface area contributed by atoms with Gasteiger partial charge in [-0.05, 0) is 76.4 Å². The van der Waals surface area contributed by atoms with Gasteiger partial charge in [0.2, 0.25) is 0 Å². The molecule has 290 valence electrons. The summed E-state index contributed by atoms with van der Waals surface area (Å²) >= 11 is 0. The largest absolute Gasteiger partial charge is 0.462 e. The van der Waals surface area contributed by atoms with Crippen molar-refractivity contribution in [3.8, 4) is 0 Å². The van der Waals surface area contributed by atoms with Crippen molar-refractivity contribution in [3.63, 3.8) is 0 Å². The second kappa shape index (κ2) is 17.5. The first-order valence-electron chi connectivity index (χ1n) is 19.1. The van der Waals surface area contributed by atoms with Gasteiger partial charge >= 0.3 is 5.97 Å². The van der Waals surface area contributed by atoms with E-state index >= 15 is 0 Å².